The van der Waals surface area contributed by atoms with Gasteiger partial charge in [0.1, 0.15) is 11.1 Å². The molecule has 0 bridgehead atoms. The summed E-state index contributed by atoms with van der Waals surface area (Å²) in [5, 5.41) is 12.1. The molecule has 0 aliphatic heterocycles. The van der Waals surface area contributed by atoms with Crippen LogP contribution in [0.2, 0.25) is 0 Å². The van der Waals surface area contributed by atoms with Crippen molar-refractivity contribution < 1.29 is 0 Å². The Labute approximate surface area is 107 Å². The van der Waals surface area contributed by atoms with E-state index in [4.69, 9.17) is 5.26 Å². The lowest BCUT2D eigenvalue weighted by Gasteiger charge is -2.05. The second kappa shape index (κ2) is 4.98. The van der Waals surface area contributed by atoms with E-state index in [1.807, 2.05) is 6.07 Å². The fourth-order valence-electron chi connectivity index (χ4n) is 1.29. The lowest BCUT2D eigenvalue weighted by Crippen LogP contribution is -2.04. The van der Waals surface area contributed by atoms with Gasteiger partial charge in [-0.15, -0.1) is 0 Å². The number of anilines is 2. The Kier molecular flexibility index (Phi) is 3.39. The van der Waals surface area contributed by atoms with Crippen molar-refractivity contribution in [3.8, 4) is 6.07 Å². The van der Waals surface area contributed by atoms with Gasteiger partial charge in [0.05, 0.1) is 0 Å². The summed E-state index contributed by atoms with van der Waals surface area (Å²) in [6.45, 7) is 4.11. The highest BCUT2D eigenvalue weighted by molar-refractivity contribution is 7.10. The van der Waals surface area contributed by atoms with Crippen molar-refractivity contribution in [3.63, 3.8) is 0 Å². The first-order valence-electron chi connectivity index (χ1n) is 5.32. The molecular weight excluding hydrogens is 250 g/mol. The molecule has 92 valence electrons. The topological polar surface area (TPSA) is 94.5 Å². The average Bonchev–Trinajstić information content (AvgIpc) is 2.70. The standard InChI is InChI=1S/C11H11N5OS/c1-6(2)7-4-13-11(14-5-7)15-10-8(3-12)9(17)16-18-10/h4-6H,1-2H3,(H,16,17)(H,13,14,15). The van der Waals surface area contributed by atoms with Crippen LogP contribution in [0.3, 0.4) is 0 Å². The lowest BCUT2D eigenvalue weighted by molar-refractivity contribution is 0.847. The number of nitrogens with zero attached hydrogens (tertiary/aromatic N) is 3. The summed E-state index contributed by atoms with van der Waals surface area (Å²) in [4.78, 5) is 19.5. The highest BCUT2D eigenvalue weighted by Crippen LogP contribution is 2.20. The molecule has 2 rings (SSSR count). The van der Waals surface area contributed by atoms with Crippen molar-refractivity contribution >= 4 is 22.5 Å². The van der Waals surface area contributed by atoms with Gasteiger partial charge >= 0.3 is 0 Å². The molecule has 0 saturated carbocycles. The molecule has 0 amide bonds. The van der Waals surface area contributed by atoms with Gasteiger partial charge in [0.2, 0.25) is 5.95 Å². The first-order chi connectivity index (χ1) is 8.61. The molecule has 0 fully saturated rings. The molecule has 2 aromatic rings. The van der Waals surface area contributed by atoms with Crippen LogP contribution in [-0.4, -0.2) is 14.3 Å². The molecule has 0 unspecified atom stereocenters. The van der Waals surface area contributed by atoms with Gasteiger partial charge in [-0.2, -0.15) is 5.26 Å². The minimum absolute atomic E-state index is 0.0523. The summed E-state index contributed by atoms with van der Waals surface area (Å²) >= 11 is 1.05. The molecule has 6 nitrogen and oxygen atoms in total. The molecule has 2 heterocycles. The molecule has 2 N–H and O–H groups in total. The second-order valence-corrected chi connectivity index (χ2v) is 4.79. The zero-order chi connectivity index (χ0) is 13.1. The highest BCUT2D eigenvalue weighted by atomic mass is 32.1. The quantitative estimate of drug-likeness (QED) is 0.880. The Morgan fingerprint density at radius 3 is 2.67 bits per heavy atom. The Balaban J connectivity index is 2.24. The van der Waals surface area contributed by atoms with E-state index in [0.29, 0.717) is 16.9 Å². The van der Waals surface area contributed by atoms with Crippen LogP contribution in [0.25, 0.3) is 0 Å². The SMILES string of the molecule is CC(C)c1cnc(Nc2s[nH]c(=O)c2C#N)nc1. The maximum Gasteiger partial charge on any atom is 0.278 e. The summed E-state index contributed by atoms with van der Waals surface area (Å²) in [6.07, 6.45) is 3.45. The molecule has 2 aromatic heterocycles. The lowest BCUT2D eigenvalue weighted by atomic mass is 10.1. The summed E-state index contributed by atoms with van der Waals surface area (Å²) in [5.74, 6) is 0.725. The van der Waals surface area contributed by atoms with Gasteiger partial charge in [-0.3, -0.25) is 9.17 Å². The first kappa shape index (κ1) is 12.3. The summed E-state index contributed by atoms with van der Waals surface area (Å²) in [7, 11) is 0. The molecule has 7 heteroatoms. The van der Waals surface area contributed by atoms with Crippen LogP contribution in [0.15, 0.2) is 17.2 Å². The summed E-state index contributed by atoms with van der Waals surface area (Å²) < 4.78 is 2.48. The van der Waals surface area contributed by atoms with Gasteiger partial charge < -0.3 is 5.32 Å². The molecule has 0 radical (unpaired) electrons. The van der Waals surface area contributed by atoms with Crippen LogP contribution in [0.1, 0.15) is 30.9 Å². The Bertz CT molecular complexity index is 635. The van der Waals surface area contributed by atoms with Gasteiger partial charge in [0.25, 0.3) is 5.56 Å². The Hall–Kier alpha value is -2.20. The Morgan fingerprint density at radius 1 is 1.44 bits per heavy atom. The summed E-state index contributed by atoms with van der Waals surface area (Å²) in [5.41, 5.74) is 0.684. The zero-order valence-corrected chi connectivity index (χ0v) is 10.7. The number of rotatable bonds is 3. The van der Waals surface area contributed by atoms with Crippen molar-refractivity contribution in [2.24, 2.45) is 0 Å². The fourth-order valence-corrected chi connectivity index (χ4v) is 1.97. The van der Waals surface area contributed by atoms with Gasteiger partial charge in [-0.1, -0.05) is 13.8 Å². The van der Waals surface area contributed by atoms with Gasteiger partial charge in [-0.05, 0) is 23.0 Å². The van der Waals surface area contributed by atoms with Crippen molar-refractivity contribution in [1.82, 2.24) is 14.3 Å². The number of H-pyrrole nitrogens is 1. The molecule has 0 aliphatic carbocycles. The first-order valence-corrected chi connectivity index (χ1v) is 6.14. The number of aromatic nitrogens is 3. The van der Waals surface area contributed by atoms with E-state index >= 15 is 0 Å². The van der Waals surface area contributed by atoms with Gasteiger partial charge in [0.15, 0.2) is 5.56 Å². The third-order valence-electron chi connectivity index (χ3n) is 2.38. The van der Waals surface area contributed by atoms with Gasteiger partial charge in [0, 0.05) is 12.4 Å². The third-order valence-corrected chi connectivity index (χ3v) is 3.17. The third kappa shape index (κ3) is 2.38. The minimum atomic E-state index is -0.399. The number of aromatic amines is 1. The monoisotopic (exact) mass is 261 g/mol. The number of nitrogens with one attached hydrogen (secondary N) is 2. The van der Waals surface area contributed by atoms with Crippen LogP contribution in [-0.2, 0) is 0 Å². The van der Waals surface area contributed by atoms with Crippen molar-refractivity contribution in [2.75, 3.05) is 5.32 Å². The largest absolute Gasteiger partial charge is 0.313 e. The normalized spacial score (nSPS) is 10.3. The van der Waals surface area contributed by atoms with Crippen LogP contribution in [0, 0.1) is 11.3 Å². The van der Waals surface area contributed by atoms with E-state index in [-0.39, 0.29) is 5.56 Å². The van der Waals surface area contributed by atoms with E-state index < -0.39 is 5.56 Å². The van der Waals surface area contributed by atoms with Crippen LogP contribution < -0.4 is 10.9 Å². The predicted octanol–water partition coefficient (Wildman–Crippen LogP) is 1.97. The van der Waals surface area contributed by atoms with Crippen molar-refractivity contribution in [3.05, 3.63) is 33.9 Å². The molecule has 0 atom stereocenters. The van der Waals surface area contributed by atoms with Crippen LogP contribution in [0.4, 0.5) is 10.9 Å². The maximum atomic E-state index is 11.3. The van der Waals surface area contributed by atoms with E-state index in [2.05, 4.69) is 33.5 Å². The second-order valence-electron chi connectivity index (χ2n) is 3.97. The molecule has 18 heavy (non-hydrogen) atoms. The molecule has 0 aromatic carbocycles. The van der Waals surface area contributed by atoms with E-state index in [0.717, 1.165) is 17.1 Å². The molecular formula is C11H11N5OS. The van der Waals surface area contributed by atoms with Crippen LogP contribution >= 0.6 is 11.5 Å². The van der Waals surface area contributed by atoms with Crippen molar-refractivity contribution in [2.45, 2.75) is 19.8 Å². The molecule has 0 saturated heterocycles. The fraction of sp³-hybridized carbons (Fsp3) is 0.273. The minimum Gasteiger partial charge on any atom is -0.313 e. The average molecular weight is 261 g/mol. The highest BCUT2D eigenvalue weighted by Gasteiger charge is 2.11. The maximum absolute atomic E-state index is 11.3. The van der Waals surface area contributed by atoms with E-state index in [1.165, 1.54) is 0 Å². The molecule has 0 aliphatic rings. The molecule has 0 spiro atoms. The number of hydrogen-bond donors (Lipinski definition) is 2. The zero-order valence-electron chi connectivity index (χ0n) is 9.89. The van der Waals surface area contributed by atoms with Crippen molar-refractivity contribution in [1.29, 1.82) is 5.26 Å². The Morgan fingerprint density at radius 2 is 2.11 bits per heavy atom. The number of nitriles is 1. The number of hydrogen-bond acceptors (Lipinski definition) is 6. The van der Waals surface area contributed by atoms with Gasteiger partial charge in [-0.25, -0.2) is 9.97 Å². The van der Waals surface area contributed by atoms with E-state index in [1.54, 1.807) is 12.4 Å². The predicted molar refractivity (Wildman–Crippen MR) is 69.1 cm³/mol. The van der Waals surface area contributed by atoms with E-state index in [9.17, 15) is 4.79 Å². The smallest absolute Gasteiger partial charge is 0.278 e. The summed E-state index contributed by atoms with van der Waals surface area (Å²) in [6, 6.07) is 1.84. The van der Waals surface area contributed by atoms with Crippen LogP contribution in [0.5, 0.6) is 0 Å².